The molecule has 0 amide bonds. The topological polar surface area (TPSA) is 64.0 Å². The minimum atomic E-state index is -3.48. The maximum absolute atomic E-state index is 12.5. The van der Waals surface area contributed by atoms with Crippen molar-refractivity contribution in [3.63, 3.8) is 0 Å². The van der Waals surface area contributed by atoms with Gasteiger partial charge in [0, 0.05) is 18.8 Å². The summed E-state index contributed by atoms with van der Waals surface area (Å²) in [6.45, 7) is 11.5. The Morgan fingerprint density at radius 1 is 1.16 bits per heavy atom. The molecule has 1 heterocycles. The van der Waals surface area contributed by atoms with E-state index in [4.69, 9.17) is 0 Å². The van der Waals surface area contributed by atoms with Crippen molar-refractivity contribution < 1.29 is 8.42 Å². The lowest BCUT2D eigenvalue weighted by Crippen LogP contribution is -2.26. The molecule has 0 fully saturated rings. The molecule has 1 N–H and O–H groups in total. The second-order valence-electron chi connectivity index (χ2n) is 6.85. The van der Waals surface area contributed by atoms with Gasteiger partial charge in [-0.25, -0.2) is 13.1 Å². The summed E-state index contributed by atoms with van der Waals surface area (Å²) < 4.78 is 29.6. The van der Waals surface area contributed by atoms with E-state index in [1.807, 2.05) is 30.7 Å². The minimum absolute atomic E-state index is 0.317. The Morgan fingerprint density at radius 3 is 2.32 bits per heavy atom. The lowest BCUT2D eigenvalue weighted by Gasteiger charge is -2.09. The van der Waals surface area contributed by atoms with Gasteiger partial charge in [-0.15, -0.1) is 0 Å². The maximum Gasteiger partial charge on any atom is 0.240 e. The van der Waals surface area contributed by atoms with E-state index in [2.05, 4.69) is 30.6 Å². The first-order valence-electron chi connectivity index (χ1n) is 8.86. The third-order valence-corrected chi connectivity index (χ3v) is 5.85. The van der Waals surface area contributed by atoms with Crippen LogP contribution in [0.5, 0.6) is 0 Å². The molecule has 2 aromatic rings. The van der Waals surface area contributed by atoms with Crippen LogP contribution in [0.1, 0.15) is 43.3 Å². The highest BCUT2D eigenvalue weighted by molar-refractivity contribution is 7.89. The summed E-state index contributed by atoms with van der Waals surface area (Å²) in [5.74, 6) is 0.552. The Balaban J connectivity index is 2.01. The molecule has 0 spiro atoms. The Hall–Kier alpha value is -1.66. The molecule has 5 nitrogen and oxygen atoms in total. The first-order chi connectivity index (χ1) is 11.7. The van der Waals surface area contributed by atoms with Crippen molar-refractivity contribution >= 4 is 10.0 Å². The number of nitrogens with zero attached hydrogens (tertiary/aromatic N) is 2. The van der Waals surface area contributed by atoms with Crippen LogP contribution in [-0.2, 0) is 29.4 Å². The van der Waals surface area contributed by atoms with Crippen molar-refractivity contribution in [2.24, 2.45) is 5.92 Å². The molecule has 0 aliphatic carbocycles. The predicted octanol–water partition coefficient (Wildman–Crippen LogP) is 3.24. The van der Waals surface area contributed by atoms with Gasteiger partial charge in [0.25, 0.3) is 0 Å². The van der Waals surface area contributed by atoms with E-state index in [0.29, 0.717) is 23.8 Å². The molecule has 0 aliphatic heterocycles. The van der Waals surface area contributed by atoms with Crippen molar-refractivity contribution in [1.82, 2.24) is 14.5 Å². The number of aryl methyl sites for hydroxylation is 2. The van der Waals surface area contributed by atoms with Gasteiger partial charge >= 0.3 is 0 Å². The van der Waals surface area contributed by atoms with Gasteiger partial charge in [0.2, 0.25) is 10.0 Å². The molecule has 0 atom stereocenters. The Labute approximate surface area is 151 Å². The lowest BCUT2D eigenvalue weighted by molar-refractivity contribution is 0.581. The van der Waals surface area contributed by atoms with E-state index in [-0.39, 0.29) is 0 Å². The lowest BCUT2D eigenvalue weighted by atomic mass is 10.0. The van der Waals surface area contributed by atoms with E-state index < -0.39 is 10.0 Å². The monoisotopic (exact) mass is 363 g/mol. The summed E-state index contributed by atoms with van der Waals surface area (Å²) in [7, 11) is -3.48. The van der Waals surface area contributed by atoms with Crippen molar-refractivity contribution in [2.75, 3.05) is 6.54 Å². The molecule has 25 heavy (non-hydrogen) atoms. The van der Waals surface area contributed by atoms with Crippen LogP contribution < -0.4 is 4.72 Å². The summed E-state index contributed by atoms with van der Waals surface area (Å²) in [4.78, 5) is 0.317. The van der Waals surface area contributed by atoms with Crippen LogP contribution in [0.3, 0.4) is 0 Å². The van der Waals surface area contributed by atoms with Gasteiger partial charge in [-0.3, -0.25) is 4.68 Å². The van der Waals surface area contributed by atoms with Crippen LogP contribution in [0.25, 0.3) is 0 Å². The largest absolute Gasteiger partial charge is 0.270 e. The molecule has 138 valence electrons. The Kier molecular flexibility index (Phi) is 6.41. The van der Waals surface area contributed by atoms with Gasteiger partial charge in [0.05, 0.1) is 10.6 Å². The normalized spacial score (nSPS) is 12.1. The van der Waals surface area contributed by atoms with Crippen molar-refractivity contribution in [3.8, 4) is 0 Å². The SMILES string of the molecule is CCn1nc(C)c(CCNS(=O)(=O)c2ccc(CC(C)C)cc2)c1C. The van der Waals surface area contributed by atoms with Crippen LogP contribution in [0.4, 0.5) is 0 Å². The van der Waals surface area contributed by atoms with E-state index in [9.17, 15) is 8.42 Å². The van der Waals surface area contributed by atoms with Gasteiger partial charge in [0.15, 0.2) is 0 Å². The Bertz CT molecular complexity index is 806. The summed E-state index contributed by atoms with van der Waals surface area (Å²) >= 11 is 0. The fraction of sp³-hybridized carbons (Fsp3) is 0.526. The zero-order valence-corrected chi connectivity index (χ0v) is 16.7. The number of aromatic nitrogens is 2. The third-order valence-electron chi connectivity index (χ3n) is 4.38. The first-order valence-corrected chi connectivity index (χ1v) is 10.3. The van der Waals surface area contributed by atoms with Gasteiger partial charge < -0.3 is 0 Å². The van der Waals surface area contributed by atoms with Gasteiger partial charge in [-0.2, -0.15) is 5.10 Å². The fourth-order valence-corrected chi connectivity index (χ4v) is 4.11. The van der Waals surface area contributed by atoms with Gasteiger partial charge in [0.1, 0.15) is 0 Å². The van der Waals surface area contributed by atoms with E-state index in [1.165, 1.54) is 0 Å². The molecule has 2 rings (SSSR count). The summed E-state index contributed by atoms with van der Waals surface area (Å²) in [5, 5.41) is 4.47. The molecule has 6 heteroatoms. The van der Waals surface area contributed by atoms with Crippen LogP contribution in [0.15, 0.2) is 29.2 Å². The number of rotatable bonds is 8. The molecule has 1 aromatic carbocycles. The third kappa shape index (κ3) is 4.92. The first kappa shape index (κ1) is 19.7. The average Bonchev–Trinajstić information content (AvgIpc) is 2.82. The highest BCUT2D eigenvalue weighted by Crippen LogP contribution is 2.15. The number of sulfonamides is 1. The molecule has 0 unspecified atom stereocenters. The zero-order valence-electron chi connectivity index (χ0n) is 15.8. The number of hydrogen-bond acceptors (Lipinski definition) is 3. The van der Waals surface area contributed by atoms with Crippen LogP contribution >= 0.6 is 0 Å². The quantitative estimate of drug-likeness (QED) is 0.783. The second-order valence-corrected chi connectivity index (χ2v) is 8.62. The maximum atomic E-state index is 12.5. The predicted molar refractivity (Wildman–Crippen MR) is 101 cm³/mol. The van der Waals surface area contributed by atoms with Crippen molar-refractivity contribution in [3.05, 3.63) is 46.8 Å². The van der Waals surface area contributed by atoms with Crippen LogP contribution in [-0.4, -0.2) is 24.7 Å². The Morgan fingerprint density at radius 2 is 1.80 bits per heavy atom. The highest BCUT2D eigenvalue weighted by atomic mass is 32.2. The van der Waals surface area contributed by atoms with Crippen LogP contribution in [0.2, 0.25) is 0 Å². The van der Waals surface area contributed by atoms with Gasteiger partial charge in [-0.05, 0) is 62.8 Å². The van der Waals surface area contributed by atoms with E-state index >= 15 is 0 Å². The van der Waals surface area contributed by atoms with Gasteiger partial charge in [-0.1, -0.05) is 26.0 Å². The zero-order chi connectivity index (χ0) is 18.6. The van der Waals surface area contributed by atoms with E-state index in [1.54, 1.807) is 12.1 Å². The summed E-state index contributed by atoms with van der Waals surface area (Å²) in [5.41, 5.74) is 4.36. The smallest absolute Gasteiger partial charge is 0.240 e. The molecule has 0 saturated heterocycles. The summed E-state index contributed by atoms with van der Waals surface area (Å²) in [6.07, 6.45) is 1.59. The van der Waals surface area contributed by atoms with Crippen LogP contribution in [0, 0.1) is 19.8 Å². The van der Waals surface area contributed by atoms with Crippen molar-refractivity contribution in [1.29, 1.82) is 0 Å². The van der Waals surface area contributed by atoms with Crippen molar-refractivity contribution in [2.45, 2.75) is 58.9 Å². The second kappa shape index (κ2) is 8.15. The molecule has 0 radical (unpaired) electrons. The molecular formula is C19H29N3O2S. The number of hydrogen-bond donors (Lipinski definition) is 1. The minimum Gasteiger partial charge on any atom is -0.270 e. The number of nitrogens with one attached hydrogen (secondary N) is 1. The molecular weight excluding hydrogens is 334 g/mol. The molecule has 1 aromatic heterocycles. The van der Waals surface area contributed by atoms with E-state index in [0.717, 1.165) is 35.5 Å². The highest BCUT2D eigenvalue weighted by Gasteiger charge is 2.15. The molecule has 0 aliphatic rings. The average molecular weight is 364 g/mol. The number of benzene rings is 1. The standard InChI is InChI=1S/C19H29N3O2S/c1-6-22-16(5)19(15(4)21-22)11-12-20-25(23,24)18-9-7-17(8-10-18)13-14(2)3/h7-10,14,20H,6,11-13H2,1-5H3. The molecule has 0 bridgehead atoms. The summed E-state index contributed by atoms with van der Waals surface area (Å²) in [6, 6.07) is 7.17. The fourth-order valence-electron chi connectivity index (χ4n) is 3.07. The molecule has 0 saturated carbocycles.